The van der Waals surface area contributed by atoms with Gasteiger partial charge in [-0.1, -0.05) is 42.5 Å². The van der Waals surface area contributed by atoms with Crippen LogP contribution in [0.1, 0.15) is 16.8 Å². The van der Waals surface area contributed by atoms with Crippen molar-refractivity contribution < 1.29 is 19.5 Å². The summed E-state index contributed by atoms with van der Waals surface area (Å²) < 4.78 is 0. The number of benzene rings is 1. The van der Waals surface area contributed by atoms with Crippen LogP contribution >= 0.6 is 0 Å². The Balaban J connectivity index is 1.69. The predicted octanol–water partition coefficient (Wildman–Crippen LogP) is 1.82. The summed E-state index contributed by atoms with van der Waals surface area (Å²) in [6.45, 7) is 0.0460. The van der Waals surface area contributed by atoms with Crippen LogP contribution in [-0.2, 0) is 9.59 Å². The van der Waals surface area contributed by atoms with Gasteiger partial charge in [0.25, 0.3) is 11.8 Å². The number of fused-ring (bicyclic) bond motifs is 2. The van der Waals surface area contributed by atoms with Gasteiger partial charge in [-0.15, -0.1) is 0 Å². The fraction of sp³-hybridized carbons (Fsp3) is 0.250. The van der Waals surface area contributed by atoms with E-state index in [2.05, 4.69) is 0 Å². The maximum Gasteiger partial charge on any atom is 0.323 e. The maximum atomic E-state index is 13.1. The van der Waals surface area contributed by atoms with Gasteiger partial charge in [0, 0.05) is 18.0 Å². The van der Waals surface area contributed by atoms with E-state index in [4.69, 9.17) is 0 Å². The lowest BCUT2D eigenvalue weighted by atomic mass is 9.87. The van der Waals surface area contributed by atoms with Gasteiger partial charge in [-0.2, -0.15) is 0 Å². The van der Waals surface area contributed by atoms with Gasteiger partial charge in [0.2, 0.25) is 0 Å². The Kier molecular flexibility index (Phi) is 3.95. The fourth-order valence-corrected chi connectivity index (χ4v) is 3.97. The van der Waals surface area contributed by atoms with E-state index >= 15 is 0 Å². The highest BCUT2D eigenvalue weighted by Crippen LogP contribution is 2.42. The van der Waals surface area contributed by atoms with Crippen molar-refractivity contribution in [3.63, 3.8) is 0 Å². The average molecular weight is 350 g/mol. The van der Waals surface area contributed by atoms with E-state index in [1.54, 1.807) is 29.2 Å². The van der Waals surface area contributed by atoms with Gasteiger partial charge in [0.15, 0.2) is 0 Å². The van der Waals surface area contributed by atoms with Crippen molar-refractivity contribution in [3.05, 3.63) is 71.5 Å². The molecule has 6 nitrogen and oxygen atoms in total. The van der Waals surface area contributed by atoms with Gasteiger partial charge >= 0.3 is 5.97 Å². The summed E-state index contributed by atoms with van der Waals surface area (Å²) in [5, 5.41) is 9.30. The van der Waals surface area contributed by atoms with E-state index in [9.17, 15) is 19.5 Å². The number of imide groups is 1. The van der Waals surface area contributed by atoms with E-state index in [0.29, 0.717) is 24.2 Å². The van der Waals surface area contributed by atoms with Crippen LogP contribution in [0.3, 0.4) is 0 Å². The van der Waals surface area contributed by atoms with Crippen molar-refractivity contribution in [2.45, 2.75) is 12.5 Å². The predicted molar refractivity (Wildman–Crippen MR) is 94.0 cm³/mol. The zero-order valence-corrected chi connectivity index (χ0v) is 14.0. The molecule has 0 spiro atoms. The van der Waals surface area contributed by atoms with Crippen LogP contribution in [0.15, 0.2) is 65.9 Å². The molecule has 2 atom stereocenters. The molecule has 2 heterocycles. The number of amides is 2. The Morgan fingerprint density at radius 2 is 1.85 bits per heavy atom. The lowest BCUT2D eigenvalue weighted by Crippen LogP contribution is -2.46. The van der Waals surface area contributed by atoms with Gasteiger partial charge in [0.1, 0.15) is 12.2 Å². The van der Waals surface area contributed by atoms with Gasteiger partial charge < -0.3 is 10.0 Å². The van der Waals surface area contributed by atoms with Crippen molar-refractivity contribution in [2.24, 2.45) is 5.92 Å². The summed E-state index contributed by atoms with van der Waals surface area (Å²) in [5.74, 6) is -1.76. The minimum atomic E-state index is -1.00. The molecular formula is C20H18N2O4. The van der Waals surface area contributed by atoms with E-state index < -0.39 is 11.9 Å². The molecule has 2 aliphatic heterocycles. The Bertz CT molecular complexity index is 869. The van der Waals surface area contributed by atoms with Gasteiger partial charge in [0.05, 0.1) is 6.04 Å². The zero-order valence-electron chi connectivity index (χ0n) is 14.0. The van der Waals surface area contributed by atoms with Crippen molar-refractivity contribution in [3.8, 4) is 0 Å². The first-order valence-corrected chi connectivity index (χ1v) is 8.55. The molecule has 2 amide bonds. The van der Waals surface area contributed by atoms with E-state index in [0.717, 1.165) is 5.57 Å². The molecule has 0 radical (unpaired) electrons. The number of hydrogen-bond donors (Lipinski definition) is 1. The number of carboxylic acids is 1. The maximum absolute atomic E-state index is 13.1. The molecule has 6 heteroatoms. The largest absolute Gasteiger partial charge is 0.480 e. The second kappa shape index (κ2) is 6.29. The SMILES string of the molecule is O=C(O)CN1C2=C(CCN(C(=O)c3ccccc3)C2=O)C2C=CC=CC21. The Labute approximate surface area is 150 Å². The molecule has 26 heavy (non-hydrogen) atoms. The molecule has 0 aromatic heterocycles. The van der Waals surface area contributed by atoms with Gasteiger partial charge in [-0.05, 0) is 24.1 Å². The van der Waals surface area contributed by atoms with Crippen LogP contribution in [0.5, 0.6) is 0 Å². The van der Waals surface area contributed by atoms with Crippen molar-refractivity contribution in [2.75, 3.05) is 13.1 Å². The number of hydrogen-bond acceptors (Lipinski definition) is 4. The molecule has 2 unspecified atom stereocenters. The number of allylic oxidation sites excluding steroid dienone is 2. The first-order chi connectivity index (χ1) is 12.6. The molecule has 1 N–H and O–H groups in total. The lowest BCUT2D eigenvalue weighted by molar-refractivity contribution is -0.138. The minimum absolute atomic E-state index is 0.00715. The average Bonchev–Trinajstić information content (AvgIpc) is 2.97. The highest BCUT2D eigenvalue weighted by molar-refractivity contribution is 6.11. The fourth-order valence-electron chi connectivity index (χ4n) is 3.97. The molecule has 1 aromatic rings. The normalized spacial score (nSPS) is 23.9. The highest BCUT2D eigenvalue weighted by Gasteiger charge is 2.46. The van der Waals surface area contributed by atoms with Crippen molar-refractivity contribution in [1.29, 1.82) is 0 Å². The number of carboxylic acid groups (broad SMARTS) is 1. The molecule has 0 saturated carbocycles. The number of nitrogens with zero attached hydrogens (tertiary/aromatic N) is 2. The van der Waals surface area contributed by atoms with Gasteiger partial charge in [-0.25, -0.2) is 0 Å². The van der Waals surface area contributed by atoms with Crippen LogP contribution in [0.4, 0.5) is 0 Å². The monoisotopic (exact) mass is 350 g/mol. The summed E-state index contributed by atoms with van der Waals surface area (Å²) in [4.78, 5) is 40.1. The van der Waals surface area contributed by atoms with Gasteiger partial charge in [-0.3, -0.25) is 19.3 Å². The first kappa shape index (κ1) is 16.3. The summed E-state index contributed by atoms with van der Waals surface area (Å²) in [7, 11) is 0. The standard InChI is InChI=1S/C20H18N2O4/c23-17(24)12-22-16-9-5-4-8-14(16)15-10-11-21(20(26)18(15)22)19(25)13-6-2-1-3-7-13/h1-9,14,16H,10-12H2,(H,23,24). The molecule has 0 bridgehead atoms. The third-order valence-corrected chi connectivity index (χ3v) is 5.08. The third-order valence-electron chi connectivity index (χ3n) is 5.08. The Morgan fingerprint density at radius 1 is 1.12 bits per heavy atom. The molecule has 1 aromatic carbocycles. The minimum Gasteiger partial charge on any atom is -0.480 e. The number of rotatable bonds is 3. The number of carbonyl (C=O) groups excluding carboxylic acids is 2. The van der Waals surface area contributed by atoms with Crippen LogP contribution in [0, 0.1) is 5.92 Å². The molecule has 0 fully saturated rings. The Morgan fingerprint density at radius 3 is 2.58 bits per heavy atom. The summed E-state index contributed by atoms with van der Waals surface area (Å²) in [5.41, 5.74) is 1.75. The number of aliphatic carboxylic acids is 1. The van der Waals surface area contributed by atoms with E-state index in [-0.39, 0.29) is 24.4 Å². The second-order valence-corrected chi connectivity index (χ2v) is 6.56. The van der Waals surface area contributed by atoms with Crippen molar-refractivity contribution in [1.82, 2.24) is 9.80 Å². The molecule has 0 saturated heterocycles. The van der Waals surface area contributed by atoms with Crippen LogP contribution in [0.25, 0.3) is 0 Å². The summed E-state index contributed by atoms with van der Waals surface area (Å²) in [6.07, 6.45) is 8.27. The molecule has 1 aliphatic carbocycles. The molecule has 4 rings (SSSR count). The van der Waals surface area contributed by atoms with Crippen LogP contribution in [0.2, 0.25) is 0 Å². The quantitative estimate of drug-likeness (QED) is 0.842. The summed E-state index contributed by atoms with van der Waals surface area (Å²) in [6, 6.07) is 8.48. The highest BCUT2D eigenvalue weighted by atomic mass is 16.4. The third kappa shape index (κ3) is 2.54. The molecular weight excluding hydrogens is 332 g/mol. The summed E-state index contributed by atoms with van der Waals surface area (Å²) >= 11 is 0. The topological polar surface area (TPSA) is 77.9 Å². The number of carbonyl (C=O) groups is 3. The lowest BCUT2D eigenvalue weighted by Gasteiger charge is -2.31. The zero-order chi connectivity index (χ0) is 18.3. The van der Waals surface area contributed by atoms with E-state index in [1.807, 2.05) is 30.4 Å². The van der Waals surface area contributed by atoms with E-state index in [1.165, 1.54) is 4.90 Å². The van der Waals surface area contributed by atoms with Crippen LogP contribution < -0.4 is 0 Å². The van der Waals surface area contributed by atoms with Crippen molar-refractivity contribution >= 4 is 17.8 Å². The molecule has 3 aliphatic rings. The first-order valence-electron chi connectivity index (χ1n) is 8.55. The smallest absolute Gasteiger partial charge is 0.323 e. The second-order valence-electron chi connectivity index (χ2n) is 6.56. The molecule has 132 valence electrons. The van der Waals surface area contributed by atoms with Crippen LogP contribution in [-0.4, -0.2) is 51.8 Å². The Hall–Kier alpha value is -3.15.